The third-order valence-corrected chi connectivity index (χ3v) is 4.92. The molecule has 1 aliphatic rings. The number of hydrogen-bond acceptors (Lipinski definition) is 2. The van der Waals surface area contributed by atoms with Gasteiger partial charge in [-0.3, -0.25) is 0 Å². The van der Waals surface area contributed by atoms with Crippen LogP contribution in [-0.4, -0.2) is 4.98 Å². The maximum absolute atomic E-state index is 6.31. The lowest BCUT2D eigenvalue weighted by Gasteiger charge is -2.15. The summed E-state index contributed by atoms with van der Waals surface area (Å²) < 4.78 is 6.31. The van der Waals surface area contributed by atoms with Gasteiger partial charge in [0.2, 0.25) is 0 Å². The number of aromatic nitrogens is 1. The van der Waals surface area contributed by atoms with E-state index in [9.17, 15) is 0 Å². The second-order valence-electron chi connectivity index (χ2n) is 6.71. The average Bonchev–Trinajstić information content (AvgIpc) is 2.74. The number of rotatable bonds is 3. The molecule has 1 aromatic heterocycles. The minimum absolute atomic E-state index is 0.876. The molecule has 1 aliphatic carbocycles. The third kappa shape index (κ3) is 2.89. The van der Waals surface area contributed by atoms with E-state index < -0.39 is 0 Å². The SMILES string of the molecule is C1=CC(Oc2cccc3c(-c4ccccc4)nc4ccccc4c23)=CCC1. The van der Waals surface area contributed by atoms with Crippen LogP contribution in [0.3, 0.4) is 0 Å². The summed E-state index contributed by atoms with van der Waals surface area (Å²) in [6.45, 7) is 0. The molecule has 0 radical (unpaired) electrons. The highest BCUT2D eigenvalue weighted by Gasteiger charge is 2.14. The second kappa shape index (κ2) is 6.73. The van der Waals surface area contributed by atoms with Gasteiger partial charge in [-0.15, -0.1) is 0 Å². The molecule has 2 heteroatoms. The lowest BCUT2D eigenvalue weighted by Crippen LogP contribution is -1.97. The largest absolute Gasteiger partial charge is 0.457 e. The van der Waals surface area contributed by atoms with Crippen LogP contribution >= 0.6 is 0 Å². The van der Waals surface area contributed by atoms with Crippen LogP contribution in [-0.2, 0) is 0 Å². The van der Waals surface area contributed by atoms with E-state index in [1.165, 1.54) is 0 Å². The van der Waals surface area contributed by atoms with E-state index in [1.54, 1.807) is 0 Å². The molecule has 0 bridgehead atoms. The highest BCUT2D eigenvalue weighted by molar-refractivity contribution is 6.13. The molecular formula is C25H19NO. The Bertz CT molecular complexity index is 1190. The van der Waals surface area contributed by atoms with Crippen molar-refractivity contribution < 1.29 is 4.74 Å². The van der Waals surface area contributed by atoms with Gasteiger partial charge in [-0.2, -0.15) is 0 Å². The lowest BCUT2D eigenvalue weighted by molar-refractivity contribution is 0.444. The smallest absolute Gasteiger partial charge is 0.135 e. The molecular weight excluding hydrogens is 330 g/mol. The van der Waals surface area contributed by atoms with E-state index >= 15 is 0 Å². The fourth-order valence-electron chi connectivity index (χ4n) is 3.66. The zero-order valence-corrected chi connectivity index (χ0v) is 14.9. The van der Waals surface area contributed by atoms with E-state index in [0.29, 0.717) is 0 Å². The van der Waals surface area contributed by atoms with Crippen molar-refractivity contribution in [3.63, 3.8) is 0 Å². The first kappa shape index (κ1) is 15.8. The van der Waals surface area contributed by atoms with Crippen molar-refractivity contribution in [3.8, 4) is 17.0 Å². The quantitative estimate of drug-likeness (QED) is 0.385. The number of para-hydroxylation sites is 1. The first-order valence-electron chi connectivity index (χ1n) is 9.31. The zero-order chi connectivity index (χ0) is 18.1. The maximum atomic E-state index is 6.31. The molecule has 0 N–H and O–H groups in total. The van der Waals surface area contributed by atoms with Gasteiger partial charge in [0.15, 0.2) is 0 Å². The molecule has 0 saturated carbocycles. The summed E-state index contributed by atoms with van der Waals surface area (Å²) in [5.74, 6) is 1.79. The van der Waals surface area contributed by atoms with Gasteiger partial charge in [-0.1, -0.05) is 66.7 Å². The number of pyridine rings is 1. The van der Waals surface area contributed by atoms with Crippen molar-refractivity contribution in [1.82, 2.24) is 4.98 Å². The number of allylic oxidation sites excluding steroid dienone is 3. The van der Waals surface area contributed by atoms with Crippen molar-refractivity contribution in [1.29, 1.82) is 0 Å². The van der Waals surface area contributed by atoms with E-state index in [2.05, 4.69) is 66.8 Å². The number of benzene rings is 3. The van der Waals surface area contributed by atoms with Gasteiger partial charge in [-0.25, -0.2) is 4.98 Å². The average molecular weight is 349 g/mol. The Morgan fingerprint density at radius 3 is 2.41 bits per heavy atom. The molecule has 27 heavy (non-hydrogen) atoms. The molecule has 0 spiro atoms. The van der Waals surface area contributed by atoms with E-state index in [-0.39, 0.29) is 0 Å². The number of nitrogens with zero attached hydrogens (tertiary/aromatic N) is 1. The highest BCUT2D eigenvalue weighted by atomic mass is 16.5. The van der Waals surface area contributed by atoms with Crippen LogP contribution in [0.4, 0.5) is 0 Å². The fourth-order valence-corrected chi connectivity index (χ4v) is 3.66. The Morgan fingerprint density at radius 2 is 1.56 bits per heavy atom. The minimum atomic E-state index is 0.876. The lowest BCUT2D eigenvalue weighted by atomic mass is 9.99. The molecule has 0 saturated heterocycles. The van der Waals surface area contributed by atoms with E-state index in [0.717, 1.165) is 57.3 Å². The summed E-state index contributed by atoms with van der Waals surface area (Å²) in [5, 5.41) is 3.34. The Labute approximate surface area is 158 Å². The van der Waals surface area contributed by atoms with Crippen LogP contribution in [0.2, 0.25) is 0 Å². The van der Waals surface area contributed by atoms with Crippen molar-refractivity contribution >= 4 is 21.7 Å². The Hall–Kier alpha value is -3.39. The summed E-state index contributed by atoms with van der Waals surface area (Å²) in [6, 6.07) is 24.9. The van der Waals surface area contributed by atoms with Crippen LogP contribution in [0.5, 0.6) is 5.75 Å². The van der Waals surface area contributed by atoms with Crippen LogP contribution in [0.25, 0.3) is 32.9 Å². The summed E-state index contributed by atoms with van der Waals surface area (Å²) in [5.41, 5.74) is 3.08. The molecule has 0 atom stereocenters. The molecule has 4 aromatic rings. The van der Waals surface area contributed by atoms with E-state index in [1.807, 2.05) is 24.3 Å². The van der Waals surface area contributed by atoms with Crippen LogP contribution in [0.15, 0.2) is 96.8 Å². The van der Waals surface area contributed by atoms with E-state index in [4.69, 9.17) is 9.72 Å². The van der Waals surface area contributed by atoms with Gasteiger partial charge in [0.05, 0.1) is 11.2 Å². The summed E-state index contributed by atoms with van der Waals surface area (Å²) in [4.78, 5) is 4.98. The number of fused-ring (bicyclic) bond motifs is 3. The summed E-state index contributed by atoms with van der Waals surface area (Å²) >= 11 is 0. The topological polar surface area (TPSA) is 22.1 Å². The molecule has 3 aromatic carbocycles. The predicted octanol–water partition coefficient (Wildman–Crippen LogP) is 6.67. The van der Waals surface area contributed by atoms with Gasteiger partial charge in [-0.05, 0) is 37.1 Å². The number of hydrogen-bond donors (Lipinski definition) is 0. The Kier molecular flexibility index (Phi) is 3.95. The Balaban J connectivity index is 1.81. The van der Waals surface area contributed by atoms with Gasteiger partial charge >= 0.3 is 0 Å². The molecule has 2 nitrogen and oxygen atoms in total. The normalized spacial score (nSPS) is 13.7. The van der Waals surface area contributed by atoms with Crippen LogP contribution < -0.4 is 4.74 Å². The van der Waals surface area contributed by atoms with Crippen molar-refractivity contribution in [2.24, 2.45) is 0 Å². The maximum Gasteiger partial charge on any atom is 0.135 e. The molecule has 0 unspecified atom stereocenters. The van der Waals surface area contributed by atoms with Gasteiger partial charge in [0.1, 0.15) is 11.5 Å². The second-order valence-corrected chi connectivity index (χ2v) is 6.71. The summed E-state index contributed by atoms with van der Waals surface area (Å²) in [6.07, 6.45) is 8.47. The van der Waals surface area contributed by atoms with Gasteiger partial charge in [0.25, 0.3) is 0 Å². The monoisotopic (exact) mass is 349 g/mol. The molecule has 5 rings (SSSR count). The molecule has 130 valence electrons. The third-order valence-electron chi connectivity index (χ3n) is 4.92. The Morgan fingerprint density at radius 1 is 0.741 bits per heavy atom. The standard InChI is InChI=1S/C25H19NO/c1-3-10-18(11-4-1)25-21-15-9-17-23(27-19-12-5-2-6-13-19)24(21)20-14-7-8-16-22(20)26-25/h1,3-5,7-17H,2,6H2. The highest BCUT2D eigenvalue weighted by Crippen LogP contribution is 2.38. The fraction of sp³-hybridized carbons (Fsp3) is 0.0800. The van der Waals surface area contributed by atoms with Crippen molar-refractivity contribution in [3.05, 3.63) is 96.8 Å². The van der Waals surface area contributed by atoms with Gasteiger partial charge < -0.3 is 4.74 Å². The molecule has 0 amide bonds. The van der Waals surface area contributed by atoms with Crippen molar-refractivity contribution in [2.45, 2.75) is 12.8 Å². The minimum Gasteiger partial charge on any atom is -0.457 e. The predicted molar refractivity (Wildman–Crippen MR) is 112 cm³/mol. The van der Waals surface area contributed by atoms with Crippen LogP contribution in [0.1, 0.15) is 12.8 Å². The van der Waals surface area contributed by atoms with Crippen LogP contribution in [0, 0.1) is 0 Å². The van der Waals surface area contributed by atoms with Crippen molar-refractivity contribution in [2.75, 3.05) is 0 Å². The van der Waals surface area contributed by atoms with Gasteiger partial charge in [0, 0.05) is 21.7 Å². The molecule has 0 fully saturated rings. The first-order chi connectivity index (χ1) is 13.4. The zero-order valence-electron chi connectivity index (χ0n) is 14.9. The molecule has 1 heterocycles. The molecule has 0 aliphatic heterocycles. The number of ether oxygens (including phenoxy) is 1. The first-order valence-corrected chi connectivity index (χ1v) is 9.31. The summed E-state index contributed by atoms with van der Waals surface area (Å²) in [7, 11) is 0.